The molecule has 3 heterocycles. The highest BCUT2D eigenvalue weighted by molar-refractivity contribution is 7.20. The van der Waals surface area contributed by atoms with E-state index < -0.39 is 0 Å². The summed E-state index contributed by atoms with van der Waals surface area (Å²) < 4.78 is 1.91. The van der Waals surface area contributed by atoms with Crippen molar-refractivity contribution in [3.05, 3.63) is 69.4 Å². The van der Waals surface area contributed by atoms with Crippen LogP contribution in [0.4, 0.5) is 0 Å². The maximum atomic E-state index is 12.4. The fraction of sp³-hybridized carbons (Fsp3) is 0.111. The summed E-state index contributed by atoms with van der Waals surface area (Å²) in [5.74, 6) is -0.0404. The van der Waals surface area contributed by atoms with Gasteiger partial charge >= 0.3 is 0 Å². The standard InChI is InChI=1S/C18H15N3OS2/c1-12-15-9-16(17(22)19-10-13-7-8-23-11-13)24-18(15)21(20-12)14-5-3-2-4-6-14/h2-9,11H,10H2,1H3,(H,19,22). The van der Waals surface area contributed by atoms with E-state index in [4.69, 9.17) is 0 Å². The number of hydrogen-bond donors (Lipinski definition) is 1. The van der Waals surface area contributed by atoms with E-state index in [2.05, 4.69) is 10.4 Å². The smallest absolute Gasteiger partial charge is 0.261 e. The zero-order valence-corrected chi connectivity index (χ0v) is 14.7. The largest absolute Gasteiger partial charge is 0.347 e. The monoisotopic (exact) mass is 353 g/mol. The van der Waals surface area contributed by atoms with Crippen molar-refractivity contribution in [2.75, 3.05) is 0 Å². The number of carbonyl (C=O) groups is 1. The molecule has 0 bridgehead atoms. The number of rotatable bonds is 4. The molecule has 1 amide bonds. The van der Waals surface area contributed by atoms with Crippen LogP contribution in [-0.4, -0.2) is 15.7 Å². The lowest BCUT2D eigenvalue weighted by atomic mass is 10.3. The SMILES string of the molecule is Cc1nn(-c2ccccc2)c2sc(C(=O)NCc3ccsc3)cc12. The summed E-state index contributed by atoms with van der Waals surface area (Å²) in [6.45, 7) is 2.53. The molecule has 4 aromatic rings. The van der Waals surface area contributed by atoms with Crippen LogP contribution in [0, 0.1) is 6.92 Å². The average molecular weight is 353 g/mol. The highest BCUT2D eigenvalue weighted by Crippen LogP contribution is 2.30. The summed E-state index contributed by atoms with van der Waals surface area (Å²) >= 11 is 3.11. The molecular weight excluding hydrogens is 338 g/mol. The number of para-hydroxylation sites is 1. The van der Waals surface area contributed by atoms with Gasteiger partial charge in [0.15, 0.2) is 0 Å². The van der Waals surface area contributed by atoms with Gasteiger partial charge in [0.05, 0.1) is 16.3 Å². The Morgan fingerprint density at radius 3 is 2.83 bits per heavy atom. The summed E-state index contributed by atoms with van der Waals surface area (Å²) in [6, 6.07) is 13.9. The lowest BCUT2D eigenvalue weighted by molar-refractivity contribution is 0.0955. The van der Waals surface area contributed by atoms with Crippen LogP contribution >= 0.6 is 22.7 Å². The molecule has 0 radical (unpaired) electrons. The number of amides is 1. The molecule has 1 N–H and O–H groups in total. The van der Waals surface area contributed by atoms with Crippen molar-refractivity contribution in [2.45, 2.75) is 13.5 Å². The number of aryl methyl sites for hydroxylation is 1. The Labute approximate surface area is 147 Å². The molecule has 0 saturated carbocycles. The third-order valence-electron chi connectivity index (χ3n) is 3.80. The molecule has 3 aromatic heterocycles. The van der Waals surface area contributed by atoms with Crippen LogP contribution in [0.3, 0.4) is 0 Å². The van der Waals surface area contributed by atoms with Gasteiger partial charge in [0.25, 0.3) is 5.91 Å². The first-order valence-corrected chi connectivity index (χ1v) is 9.32. The van der Waals surface area contributed by atoms with Crippen LogP contribution in [0.2, 0.25) is 0 Å². The molecule has 0 atom stereocenters. The van der Waals surface area contributed by atoms with Crippen molar-refractivity contribution in [1.82, 2.24) is 15.1 Å². The van der Waals surface area contributed by atoms with Crippen LogP contribution in [0.15, 0.2) is 53.2 Å². The number of carbonyl (C=O) groups excluding carboxylic acids is 1. The number of fused-ring (bicyclic) bond motifs is 1. The molecule has 1 aromatic carbocycles. The fourth-order valence-corrected chi connectivity index (χ4v) is 4.33. The second-order valence-corrected chi connectivity index (χ2v) is 7.29. The van der Waals surface area contributed by atoms with Gasteiger partial charge in [-0.25, -0.2) is 4.68 Å². The quantitative estimate of drug-likeness (QED) is 0.591. The molecular formula is C18H15N3OS2. The van der Waals surface area contributed by atoms with Crippen molar-refractivity contribution in [1.29, 1.82) is 0 Å². The molecule has 0 fully saturated rings. The van der Waals surface area contributed by atoms with Crippen LogP contribution in [0.25, 0.3) is 15.9 Å². The average Bonchev–Trinajstić information content (AvgIpc) is 3.32. The van der Waals surface area contributed by atoms with Crippen molar-refractivity contribution in [3.8, 4) is 5.69 Å². The topological polar surface area (TPSA) is 46.9 Å². The molecule has 0 aliphatic carbocycles. The molecule has 0 aliphatic rings. The van der Waals surface area contributed by atoms with Gasteiger partial charge in [-0.15, -0.1) is 11.3 Å². The van der Waals surface area contributed by atoms with Crippen LogP contribution in [0.1, 0.15) is 20.9 Å². The van der Waals surface area contributed by atoms with E-state index in [9.17, 15) is 4.79 Å². The molecule has 4 rings (SSSR count). The van der Waals surface area contributed by atoms with Gasteiger partial charge in [0.2, 0.25) is 0 Å². The Morgan fingerprint density at radius 1 is 1.25 bits per heavy atom. The molecule has 0 unspecified atom stereocenters. The first kappa shape index (κ1) is 15.1. The van der Waals surface area contributed by atoms with Crippen molar-refractivity contribution >= 4 is 38.8 Å². The Morgan fingerprint density at radius 2 is 2.08 bits per heavy atom. The zero-order chi connectivity index (χ0) is 16.5. The second kappa shape index (κ2) is 6.22. The van der Waals surface area contributed by atoms with Gasteiger partial charge in [0.1, 0.15) is 4.83 Å². The number of aromatic nitrogens is 2. The first-order chi connectivity index (χ1) is 11.7. The maximum Gasteiger partial charge on any atom is 0.261 e. The molecule has 6 heteroatoms. The minimum atomic E-state index is -0.0404. The summed E-state index contributed by atoms with van der Waals surface area (Å²) in [5.41, 5.74) is 3.06. The molecule has 0 saturated heterocycles. The predicted octanol–water partition coefficient (Wildman–Crippen LogP) is 4.39. The first-order valence-electron chi connectivity index (χ1n) is 7.56. The highest BCUT2D eigenvalue weighted by Gasteiger charge is 2.17. The van der Waals surface area contributed by atoms with Gasteiger partial charge < -0.3 is 5.32 Å². The number of hydrogen-bond acceptors (Lipinski definition) is 4. The zero-order valence-electron chi connectivity index (χ0n) is 13.0. The van der Waals surface area contributed by atoms with Crippen molar-refractivity contribution < 1.29 is 4.79 Å². The van der Waals surface area contributed by atoms with Crippen molar-refractivity contribution in [2.24, 2.45) is 0 Å². The summed E-state index contributed by atoms with van der Waals surface area (Å²) in [5, 5.41) is 12.7. The van der Waals surface area contributed by atoms with Gasteiger partial charge in [-0.05, 0) is 47.5 Å². The molecule has 0 aliphatic heterocycles. The molecule has 4 nitrogen and oxygen atoms in total. The maximum absolute atomic E-state index is 12.4. The van der Waals surface area contributed by atoms with E-state index in [1.807, 2.05) is 64.8 Å². The summed E-state index contributed by atoms with van der Waals surface area (Å²) in [7, 11) is 0. The van der Waals surface area contributed by atoms with E-state index in [0.717, 1.165) is 27.2 Å². The lowest BCUT2D eigenvalue weighted by Gasteiger charge is -2.02. The Balaban J connectivity index is 1.64. The van der Waals surface area contributed by atoms with E-state index in [1.54, 1.807) is 11.3 Å². The van der Waals surface area contributed by atoms with Gasteiger partial charge in [-0.3, -0.25) is 4.79 Å². The van der Waals surface area contributed by atoms with Gasteiger partial charge in [0, 0.05) is 11.9 Å². The third kappa shape index (κ3) is 2.74. The lowest BCUT2D eigenvalue weighted by Crippen LogP contribution is -2.21. The van der Waals surface area contributed by atoms with E-state index in [0.29, 0.717) is 11.4 Å². The number of nitrogens with zero attached hydrogens (tertiary/aromatic N) is 2. The highest BCUT2D eigenvalue weighted by atomic mass is 32.1. The normalized spacial score (nSPS) is 11.0. The second-order valence-electron chi connectivity index (χ2n) is 5.48. The Kier molecular flexibility index (Phi) is 3.92. The van der Waals surface area contributed by atoms with E-state index in [-0.39, 0.29) is 5.91 Å². The van der Waals surface area contributed by atoms with E-state index in [1.165, 1.54) is 11.3 Å². The number of thiophene rings is 2. The molecule has 120 valence electrons. The van der Waals surface area contributed by atoms with Crippen LogP contribution in [0.5, 0.6) is 0 Å². The number of nitrogens with one attached hydrogen (secondary N) is 1. The molecule has 24 heavy (non-hydrogen) atoms. The third-order valence-corrected chi connectivity index (χ3v) is 5.64. The summed E-state index contributed by atoms with van der Waals surface area (Å²) in [6.07, 6.45) is 0. The van der Waals surface area contributed by atoms with Crippen LogP contribution in [-0.2, 0) is 6.54 Å². The van der Waals surface area contributed by atoms with E-state index >= 15 is 0 Å². The van der Waals surface area contributed by atoms with Gasteiger partial charge in [-0.2, -0.15) is 16.4 Å². The Bertz CT molecular complexity index is 984. The Hall–Kier alpha value is -2.44. The van der Waals surface area contributed by atoms with Gasteiger partial charge in [-0.1, -0.05) is 18.2 Å². The van der Waals surface area contributed by atoms with Crippen LogP contribution < -0.4 is 5.32 Å². The minimum absolute atomic E-state index is 0.0404. The molecule has 0 spiro atoms. The fourth-order valence-electron chi connectivity index (χ4n) is 2.57. The predicted molar refractivity (Wildman–Crippen MR) is 99.2 cm³/mol. The number of benzene rings is 1. The van der Waals surface area contributed by atoms with Crippen molar-refractivity contribution in [3.63, 3.8) is 0 Å². The summed E-state index contributed by atoms with van der Waals surface area (Å²) in [4.78, 5) is 14.2. The minimum Gasteiger partial charge on any atom is -0.347 e.